The standard InChI is InChI=1S/C20H24N2O3/c1-16(23)22(15-17-8-4-3-5-9-17)13-12-20(24)21-14-18-10-6-7-11-19(18)25-2/h3-11H,12-15H2,1-2H3,(H,21,24). The van der Waals surface area contributed by atoms with Crippen LogP contribution in [-0.2, 0) is 22.7 Å². The molecule has 2 aromatic rings. The van der Waals surface area contributed by atoms with Crippen LogP contribution in [0.15, 0.2) is 54.6 Å². The minimum absolute atomic E-state index is 0.0404. The number of carbonyl (C=O) groups is 2. The molecule has 132 valence electrons. The van der Waals surface area contributed by atoms with E-state index in [1.165, 1.54) is 6.92 Å². The Morgan fingerprint density at radius 2 is 1.72 bits per heavy atom. The number of nitrogens with zero attached hydrogens (tertiary/aromatic N) is 1. The number of hydrogen-bond acceptors (Lipinski definition) is 3. The maximum atomic E-state index is 12.1. The second-order valence-electron chi connectivity index (χ2n) is 5.76. The smallest absolute Gasteiger partial charge is 0.222 e. The molecule has 1 N–H and O–H groups in total. The normalized spacial score (nSPS) is 10.2. The van der Waals surface area contributed by atoms with Crippen molar-refractivity contribution in [2.24, 2.45) is 0 Å². The molecule has 0 aromatic heterocycles. The van der Waals surface area contributed by atoms with Crippen molar-refractivity contribution in [2.75, 3.05) is 13.7 Å². The van der Waals surface area contributed by atoms with Gasteiger partial charge in [0, 0.05) is 38.5 Å². The largest absolute Gasteiger partial charge is 0.496 e. The van der Waals surface area contributed by atoms with Gasteiger partial charge in [-0.25, -0.2) is 0 Å². The number of methoxy groups -OCH3 is 1. The third kappa shape index (κ3) is 5.95. The average molecular weight is 340 g/mol. The lowest BCUT2D eigenvalue weighted by Gasteiger charge is -2.21. The number of hydrogen-bond donors (Lipinski definition) is 1. The summed E-state index contributed by atoms with van der Waals surface area (Å²) in [5.74, 6) is 0.615. The van der Waals surface area contributed by atoms with E-state index in [4.69, 9.17) is 4.74 Å². The molecule has 2 amide bonds. The van der Waals surface area contributed by atoms with E-state index in [1.54, 1.807) is 12.0 Å². The van der Waals surface area contributed by atoms with Gasteiger partial charge < -0.3 is 15.0 Å². The SMILES string of the molecule is COc1ccccc1CNC(=O)CCN(Cc1ccccc1)C(C)=O. The molecule has 0 atom stereocenters. The summed E-state index contributed by atoms with van der Waals surface area (Å²) >= 11 is 0. The fourth-order valence-electron chi connectivity index (χ4n) is 2.52. The van der Waals surface area contributed by atoms with E-state index in [0.717, 1.165) is 16.9 Å². The first-order valence-corrected chi connectivity index (χ1v) is 8.28. The van der Waals surface area contributed by atoms with Crippen molar-refractivity contribution in [3.63, 3.8) is 0 Å². The summed E-state index contributed by atoms with van der Waals surface area (Å²) in [4.78, 5) is 25.6. The number of nitrogens with one attached hydrogen (secondary N) is 1. The zero-order chi connectivity index (χ0) is 18.1. The van der Waals surface area contributed by atoms with Crippen LogP contribution < -0.4 is 10.1 Å². The van der Waals surface area contributed by atoms with Crippen molar-refractivity contribution in [3.05, 3.63) is 65.7 Å². The van der Waals surface area contributed by atoms with Crippen LogP contribution in [0.25, 0.3) is 0 Å². The molecule has 0 fully saturated rings. The van der Waals surface area contributed by atoms with Gasteiger partial charge in [-0.2, -0.15) is 0 Å². The molecular formula is C20H24N2O3. The van der Waals surface area contributed by atoms with Crippen molar-refractivity contribution in [1.82, 2.24) is 10.2 Å². The van der Waals surface area contributed by atoms with Gasteiger partial charge in [-0.3, -0.25) is 9.59 Å². The monoisotopic (exact) mass is 340 g/mol. The second-order valence-corrected chi connectivity index (χ2v) is 5.76. The lowest BCUT2D eigenvalue weighted by atomic mass is 10.2. The number of ether oxygens (including phenoxy) is 1. The Labute approximate surface area is 148 Å². The minimum Gasteiger partial charge on any atom is -0.496 e. The topological polar surface area (TPSA) is 58.6 Å². The first-order valence-electron chi connectivity index (χ1n) is 8.28. The maximum absolute atomic E-state index is 12.1. The number of para-hydroxylation sites is 1. The lowest BCUT2D eigenvalue weighted by molar-refractivity contribution is -0.130. The molecule has 0 aliphatic rings. The van der Waals surface area contributed by atoms with E-state index < -0.39 is 0 Å². The van der Waals surface area contributed by atoms with Crippen LogP contribution in [0.2, 0.25) is 0 Å². The van der Waals surface area contributed by atoms with Crippen molar-refractivity contribution in [3.8, 4) is 5.75 Å². The molecule has 2 aromatic carbocycles. The van der Waals surface area contributed by atoms with Gasteiger partial charge in [0.2, 0.25) is 11.8 Å². The predicted octanol–water partition coefficient (Wildman–Crippen LogP) is 2.75. The third-order valence-electron chi connectivity index (χ3n) is 3.94. The summed E-state index contributed by atoms with van der Waals surface area (Å²) < 4.78 is 5.27. The Hall–Kier alpha value is -2.82. The number of benzene rings is 2. The second kappa shape index (κ2) is 9.47. The fraction of sp³-hybridized carbons (Fsp3) is 0.300. The Bertz CT molecular complexity index is 701. The van der Waals surface area contributed by atoms with Crippen molar-refractivity contribution < 1.29 is 14.3 Å². The number of carbonyl (C=O) groups excluding carboxylic acids is 2. The first kappa shape index (κ1) is 18.5. The molecule has 0 aliphatic heterocycles. The van der Waals surface area contributed by atoms with Crippen LogP contribution in [0.5, 0.6) is 5.75 Å². The molecule has 0 bridgehead atoms. The van der Waals surface area contributed by atoms with Crippen LogP contribution >= 0.6 is 0 Å². The van der Waals surface area contributed by atoms with Gasteiger partial charge in [0.05, 0.1) is 7.11 Å². The van der Waals surface area contributed by atoms with E-state index >= 15 is 0 Å². The molecular weight excluding hydrogens is 316 g/mol. The third-order valence-corrected chi connectivity index (χ3v) is 3.94. The summed E-state index contributed by atoms with van der Waals surface area (Å²) in [6.45, 7) is 2.83. The predicted molar refractivity (Wildman–Crippen MR) is 97.0 cm³/mol. The molecule has 0 saturated carbocycles. The molecule has 0 aliphatic carbocycles. The van der Waals surface area contributed by atoms with Crippen molar-refractivity contribution in [1.29, 1.82) is 0 Å². The van der Waals surface area contributed by atoms with Gasteiger partial charge in [0.1, 0.15) is 5.75 Å². The summed E-state index contributed by atoms with van der Waals surface area (Å²) in [7, 11) is 1.61. The highest BCUT2D eigenvalue weighted by Crippen LogP contribution is 2.16. The molecule has 2 rings (SSSR count). The Morgan fingerprint density at radius 1 is 1.04 bits per heavy atom. The van der Waals surface area contributed by atoms with Gasteiger partial charge in [-0.1, -0.05) is 48.5 Å². The molecule has 5 heteroatoms. The van der Waals surface area contributed by atoms with Crippen LogP contribution in [-0.4, -0.2) is 30.4 Å². The van der Waals surface area contributed by atoms with Crippen molar-refractivity contribution in [2.45, 2.75) is 26.4 Å². The summed E-state index contributed by atoms with van der Waals surface area (Å²) in [5, 5.41) is 2.87. The van der Waals surface area contributed by atoms with Gasteiger partial charge >= 0.3 is 0 Å². The first-order chi connectivity index (χ1) is 12.1. The Balaban J connectivity index is 1.83. The van der Waals surface area contributed by atoms with Gasteiger partial charge in [0.25, 0.3) is 0 Å². The zero-order valence-corrected chi connectivity index (χ0v) is 14.7. The van der Waals surface area contributed by atoms with E-state index in [0.29, 0.717) is 19.6 Å². The molecule has 0 unspecified atom stereocenters. The Kier molecular flexibility index (Phi) is 7.01. The highest BCUT2D eigenvalue weighted by Gasteiger charge is 2.12. The van der Waals surface area contributed by atoms with E-state index in [9.17, 15) is 9.59 Å². The highest BCUT2D eigenvalue weighted by atomic mass is 16.5. The summed E-state index contributed by atoms with van der Waals surface area (Å²) in [6.07, 6.45) is 0.265. The highest BCUT2D eigenvalue weighted by molar-refractivity contribution is 5.78. The molecule has 0 heterocycles. The molecule has 0 saturated heterocycles. The van der Waals surface area contributed by atoms with Crippen LogP contribution in [0, 0.1) is 0 Å². The van der Waals surface area contributed by atoms with Crippen LogP contribution in [0.4, 0.5) is 0 Å². The van der Waals surface area contributed by atoms with Crippen LogP contribution in [0.1, 0.15) is 24.5 Å². The lowest BCUT2D eigenvalue weighted by Crippen LogP contribution is -2.33. The fourth-order valence-corrected chi connectivity index (χ4v) is 2.52. The molecule has 5 nitrogen and oxygen atoms in total. The van der Waals surface area contributed by atoms with Gasteiger partial charge in [-0.05, 0) is 11.6 Å². The van der Waals surface area contributed by atoms with E-state index in [-0.39, 0.29) is 18.2 Å². The van der Waals surface area contributed by atoms with E-state index in [2.05, 4.69) is 5.32 Å². The van der Waals surface area contributed by atoms with Gasteiger partial charge in [0.15, 0.2) is 0 Å². The molecule has 0 spiro atoms. The molecule has 25 heavy (non-hydrogen) atoms. The van der Waals surface area contributed by atoms with Gasteiger partial charge in [-0.15, -0.1) is 0 Å². The molecule has 0 radical (unpaired) electrons. The number of amides is 2. The summed E-state index contributed by atoms with van der Waals surface area (Å²) in [5.41, 5.74) is 1.97. The number of rotatable bonds is 8. The van der Waals surface area contributed by atoms with Crippen LogP contribution in [0.3, 0.4) is 0 Å². The Morgan fingerprint density at radius 3 is 2.40 bits per heavy atom. The summed E-state index contributed by atoms with van der Waals surface area (Å²) in [6, 6.07) is 17.3. The minimum atomic E-state index is -0.0924. The zero-order valence-electron chi connectivity index (χ0n) is 14.7. The quantitative estimate of drug-likeness (QED) is 0.804. The van der Waals surface area contributed by atoms with Crippen molar-refractivity contribution >= 4 is 11.8 Å². The maximum Gasteiger partial charge on any atom is 0.222 e. The average Bonchev–Trinajstić information content (AvgIpc) is 2.64. The van der Waals surface area contributed by atoms with E-state index in [1.807, 2.05) is 54.6 Å².